The fraction of sp³-hybridized carbons (Fsp3) is 0.233. The van der Waals surface area contributed by atoms with Gasteiger partial charge < -0.3 is 18.8 Å². The number of nitrogens with zero attached hydrogens (tertiary/aromatic N) is 13. The SMILES string of the molecule is CB(C)C.CC.COc1cc(Br)cn2nccc12.COc1cc(Br)cn2nccc12.Cc1ccc(C(C)C)cc1.O=S(=O)(N(c1ccccc1)S(=O)(=O)C(F)(F)F)C(F)(F)F.Oc1cc(Br)cn2nccc12.[2HH].[2HH].[2HH].[B]c1cc(-c2ccc(C(C)C)cc2)c2ccnn2c1.[B]c1cc(-c2ccc(C(C)C)cc2)c2ccnn2c1.[B]c1cc(OS(=O)(=O)C(F)(F)F)c2ccnn2c1.[Cl][Al]([Cl])[Cl]. The van der Waals surface area contributed by atoms with Crippen molar-refractivity contribution in [2.45, 2.75) is 117 Å². The Kier molecular flexibility index (Phi) is 42.1. The summed E-state index contributed by atoms with van der Waals surface area (Å²) >= 11 is 8.26. The van der Waals surface area contributed by atoms with Crippen molar-refractivity contribution in [2.24, 2.45) is 0 Å². The number of pyridine rings is 6. The van der Waals surface area contributed by atoms with Crippen molar-refractivity contribution >= 4 is 205 Å². The molecule has 0 fully saturated rings. The number of alkyl halides is 9. The number of rotatable bonds is 12. The summed E-state index contributed by atoms with van der Waals surface area (Å²) in [6.07, 6.45) is 20.5. The Morgan fingerprint density at radius 3 is 1.02 bits per heavy atom. The molecule has 0 saturated heterocycles. The number of ether oxygens (including phenoxy) is 2. The molecule has 16 aromatic rings. The van der Waals surface area contributed by atoms with Crippen LogP contribution >= 0.6 is 77.9 Å². The molecule has 16 rings (SSSR count). The third-order valence-electron chi connectivity index (χ3n) is 17.3. The minimum atomic E-state index is -6.81. The van der Waals surface area contributed by atoms with E-state index in [1.807, 2.05) is 96.2 Å². The number of anilines is 1. The van der Waals surface area contributed by atoms with Crippen LogP contribution in [-0.4, -0.2) is 160 Å². The normalized spacial score (nSPS) is 11.3. The van der Waals surface area contributed by atoms with E-state index < -0.39 is 73.2 Å². The number of para-hydroxylation sites is 1. The molecule has 700 valence electrons. The lowest BCUT2D eigenvalue weighted by Crippen LogP contribution is -2.49. The first kappa shape index (κ1) is 111. The molecule has 0 saturated carbocycles. The summed E-state index contributed by atoms with van der Waals surface area (Å²) in [5.41, 5.74) is -2.94. The highest BCUT2D eigenvalue weighted by atomic mass is 79.9. The molecule has 0 bridgehead atoms. The van der Waals surface area contributed by atoms with E-state index >= 15 is 0 Å². The quantitative estimate of drug-likeness (QED) is 0.0516. The van der Waals surface area contributed by atoms with E-state index in [2.05, 4.69) is 224 Å². The van der Waals surface area contributed by atoms with Crippen LogP contribution < -0.4 is 33.8 Å². The number of benzene rings is 4. The molecule has 23 nitrogen and oxygen atoms in total. The number of hydrogen-bond acceptors (Lipinski definition) is 16. The van der Waals surface area contributed by atoms with Crippen LogP contribution in [0.4, 0.5) is 45.2 Å². The zero-order valence-corrected chi connectivity index (χ0v) is 83.7. The zero-order chi connectivity index (χ0) is 98.7. The first-order valence-corrected chi connectivity index (χ1v) is 51.2. The Bertz CT molecular complexity index is 6520. The molecule has 0 atom stereocenters. The fourth-order valence-electron chi connectivity index (χ4n) is 11.2. The predicted octanol–water partition coefficient (Wildman–Crippen LogP) is 22.3. The van der Waals surface area contributed by atoms with Gasteiger partial charge in [-0.25, -0.2) is 57.2 Å². The van der Waals surface area contributed by atoms with Gasteiger partial charge >= 0.3 is 58.1 Å². The Hall–Kier alpha value is -9.66. The van der Waals surface area contributed by atoms with Crippen molar-refractivity contribution in [2.75, 3.05) is 17.9 Å². The van der Waals surface area contributed by atoms with Gasteiger partial charge in [0.1, 0.15) is 69.6 Å². The molecule has 46 heteroatoms. The third kappa shape index (κ3) is 31.8. The van der Waals surface area contributed by atoms with Crippen molar-refractivity contribution in [1.82, 2.24) is 57.7 Å². The van der Waals surface area contributed by atoms with Crippen molar-refractivity contribution in [3.63, 3.8) is 0 Å². The summed E-state index contributed by atoms with van der Waals surface area (Å²) in [4.78, 5) is 0. The zero-order valence-electron chi connectivity index (χ0n) is 73.1. The van der Waals surface area contributed by atoms with Crippen LogP contribution in [0.1, 0.15) is 99.7 Å². The van der Waals surface area contributed by atoms with Gasteiger partial charge in [-0.15, -0.1) is 3.71 Å². The molecule has 0 unspecified atom stereocenters. The molecule has 12 heterocycles. The van der Waals surface area contributed by atoms with Crippen LogP contribution in [0.25, 0.3) is 55.4 Å². The Balaban J connectivity index is 0.000000394. The number of methoxy groups -OCH3 is 2. The lowest BCUT2D eigenvalue weighted by atomic mass is 9.58. The molecule has 0 aliphatic heterocycles. The molecule has 4 aromatic carbocycles. The smallest absolute Gasteiger partial charge is 0.506 e. The number of hydrogen-bond donors (Lipinski definition) is 1. The number of halogens is 15. The molecule has 6 radical (unpaired) electrons. The molecule has 0 aliphatic carbocycles. The molecular formula is C86H93AlB4Br3Cl3F9N13O10S3. The summed E-state index contributed by atoms with van der Waals surface area (Å²) in [6, 6.07) is 51.2. The van der Waals surface area contributed by atoms with Gasteiger partial charge in [-0.2, -0.15) is 95.4 Å². The minimum absolute atomic E-state index is 0. The Morgan fingerprint density at radius 1 is 0.424 bits per heavy atom. The lowest BCUT2D eigenvalue weighted by Gasteiger charge is -2.25. The van der Waals surface area contributed by atoms with Crippen LogP contribution in [-0.2, 0) is 30.2 Å². The maximum Gasteiger partial charge on any atom is 0.643 e. The van der Waals surface area contributed by atoms with E-state index in [1.54, 1.807) is 77.1 Å². The number of aromatic nitrogens is 12. The monoisotopic (exact) mass is 2150 g/mol. The molecule has 12 aromatic heterocycles. The Labute approximate surface area is 809 Å². The molecule has 0 amide bonds. The van der Waals surface area contributed by atoms with Gasteiger partial charge in [-0.3, -0.25) is 0 Å². The topological polar surface area (TPSA) is 257 Å². The standard InChI is InChI=1S/2C16H15BN2.C10H14.C8H4BF3N2O3S.2C8H7BrN2O.C8H5F6NO4S2.C7H5BrN2O.C3H9B.C2H6.Al.3ClH.3H2/c2*1-11(2)12-3-5-13(6-4-12)15-9-14(17)10-19-16(15)7-8-18-19;1-8(2)10-6-4-9(3)5-7-10;9-5-3-7(6-1-2-13-14(6)4-5)17-18(15,16)8(10,11)12;2*1-12-8-4-6(9)5-11-7(8)2-3-10-11;9-7(10,11)20(16,17)15(6-4-2-1-3-5-6)21(18,19)8(12,13)14;8-5-3-7(11)6-1-2-9-10(6)4-5;1-4(2)3;1-2;;;;;;;/h2*3-11H,1-2H3;4-8H,1-3H3;1-4H;2*2-5H,1H3;1-5H;1-4,11H;1-3H3;1-2H3;;6*1H/q;;;;;;;;;;+3;;;;;;/p-3/i;;;;;;;;;;;;;;3*1+1. The lowest BCUT2D eigenvalue weighted by molar-refractivity contribution is -0.0501. The maximum atomic E-state index is 12.4. The average Bonchev–Trinajstić information content (AvgIpc) is 1.47. The first-order valence-electron chi connectivity index (χ1n) is 39.3. The highest BCUT2D eigenvalue weighted by Crippen LogP contribution is 2.40. The van der Waals surface area contributed by atoms with Crippen LogP contribution in [0.3, 0.4) is 0 Å². The van der Waals surface area contributed by atoms with E-state index in [0.29, 0.717) is 35.4 Å². The second-order valence-corrected chi connectivity index (χ2v) is 43.5. The van der Waals surface area contributed by atoms with E-state index in [0.717, 1.165) is 105 Å². The maximum absolute atomic E-state index is 12.4. The largest absolute Gasteiger partial charge is 0.643 e. The fourth-order valence-corrected chi connectivity index (χ4v) is 15.6. The minimum Gasteiger partial charge on any atom is -0.506 e. The summed E-state index contributed by atoms with van der Waals surface area (Å²) < 4.78 is 203. The van der Waals surface area contributed by atoms with Gasteiger partial charge in [-0.05, 0) is 173 Å². The second kappa shape index (κ2) is 50.1. The second-order valence-electron chi connectivity index (χ2n) is 29.0. The van der Waals surface area contributed by atoms with E-state index in [1.165, 1.54) is 51.8 Å². The first-order chi connectivity index (χ1) is 61.8. The molecule has 0 aliphatic rings. The van der Waals surface area contributed by atoms with Crippen LogP contribution in [0.15, 0.2) is 264 Å². The van der Waals surface area contributed by atoms with Gasteiger partial charge in [-0.1, -0.05) is 201 Å². The molecule has 0 spiro atoms. The van der Waals surface area contributed by atoms with Gasteiger partial charge in [0.25, 0.3) is 0 Å². The summed E-state index contributed by atoms with van der Waals surface area (Å²) in [5, 5.41) is 33.7. The van der Waals surface area contributed by atoms with Gasteiger partial charge in [0.2, 0.25) is 0 Å². The van der Waals surface area contributed by atoms with Crippen molar-refractivity contribution in [3.8, 4) is 45.3 Å². The highest BCUT2D eigenvalue weighted by Gasteiger charge is 2.62. The van der Waals surface area contributed by atoms with Crippen molar-refractivity contribution in [1.29, 1.82) is 0 Å². The summed E-state index contributed by atoms with van der Waals surface area (Å²) in [5.74, 6) is 3.08. The van der Waals surface area contributed by atoms with Crippen LogP contribution in [0.2, 0.25) is 20.5 Å². The number of sulfonamides is 2. The van der Waals surface area contributed by atoms with Crippen molar-refractivity contribution in [3.05, 3.63) is 286 Å². The number of aryl methyl sites for hydroxylation is 1. The van der Waals surface area contributed by atoms with Gasteiger partial charge in [0.15, 0.2) is 5.75 Å². The average molecular weight is 2160 g/mol. The predicted molar refractivity (Wildman–Crippen MR) is 528 cm³/mol. The van der Waals surface area contributed by atoms with Crippen LogP contribution in [0, 0.1) is 6.92 Å². The van der Waals surface area contributed by atoms with E-state index in [-0.39, 0.29) is 21.0 Å². The molecule has 1 N–H and O–H groups in total. The van der Waals surface area contributed by atoms with Crippen molar-refractivity contribution < 1.29 is 87.8 Å². The molecular weight excluding hydrogens is 2060 g/mol. The number of aromatic hydroxyl groups is 1. The number of fused-ring (bicyclic) bond motifs is 6. The van der Waals surface area contributed by atoms with Crippen LogP contribution in [0.5, 0.6) is 23.0 Å². The summed E-state index contributed by atoms with van der Waals surface area (Å²) in [7, 11) is 16.1. The third-order valence-corrected chi connectivity index (χ3v) is 23.2. The highest BCUT2D eigenvalue weighted by molar-refractivity contribution is 9.11. The Morgan fingerprint density at radius 2 is 0.705 bits per heavy atom. The van der Waals surface area contributed by atoms with Gasteiger partial charge in [0.05, 0.1) is 55.7 Å². The summed E-state index contributed by atoms with van der Waals surface area (Å²) in [6.45, 7) is 26.7. The van der Waals surface area contributed by atoms with E-state index in [4.69, 9.17) is 63.2 Å². The molecule has 132 heavy (non-hydrogen) atoms. The van der Waals surface area contributed by atoms with E-state index in [9.17, 15) is 69.9 Å². The van der Waals surface area contributed by atoms with Gasteiger partial charge in [0, 0.05) is 78.4 Å².